The van der Waals surface area contributed by atoms with E-state index in [0.29, 0.717) is 22.6 Å². The largest absolute Gasteiger partial charge is 0.368 e. The normalized spacial score (nSPS) is 10.8. The molecule has 4 aromatic rings. The third kappa shape index (κ3) is 2.77. The lowest BCUT2D eigenvalue weighted by Crippen LogP contribution is -2.04. The molecule has 0 saturated carbocycles. The summed E-state index contributed by atoms with van der Waals surface area (Å²) in [7, 11) is 0. The minimum Gasteiger partial charge on any atom is -0.368 e. The molecule has 0 amide bonds. The van der Waals surface area contributed by atoms with Crippen LogP contribution in [0.3, 0.4) is 0 Å². The van der Waals surface area contributed by atoms with Crippen molar-refractivity contribution in [1.29, 1.82) is 0 Å². The maximum absolute atomic E-state index is 14.3. The van der Waals surface area contributed by atoms with Crippen LogP contribution in [0.1, 0.15) is 5.56 Å². The van der Waals surface area contributed by atoms with Crippen LogP contribution in [-0.4, -0.2) is 30.2 Å². The molecule has 2 heterocycles. The van der Waals surface area contributed by atoms with Crippen LogP contribution in [0.25, 0.3) is 28.3 Å². The molecule has 4 rings (SSSR count). The predicted octanol–water partition coefficient (Wildman–Crippen LogP) is 2.82. The number of aromatic nitrogens is 6. The number of aryl methyl sites for hydroxylation is 1. The van der Waals surface area contributed by atoms with Crippen LogP contribution in [0.2, 0.25) is 0 Å². The Hall–Kier alpha value is -3.68. The summed E-state index contributed by atoms with van der Waals surface area (Å²) in [6.07, 6.45) is 1.50. The Morgan fingerprint density at radius 2 is 1.77 bits per heavy atom. The molecule has 128 valence electrons. The van der Waals surface area contributed by atoms with Crippen LogP contribution in [0.4, 0.5) is 10.3 Å². The predicted molar refractivity (Wildman–Crippen MR) is 94.7 cm³/mol. The van der Waals surface area contributed by atoms with Gasteiger partial charge in [-0.2, -0.15) is 4.68 Å². The number of benzene rings is 2. The molecule has 0 saturated heterocycles. The number of hydrogen-bond donors (Lipinski definition) is 1. The number of nitrogens with zero attached hydrogens (tertiary/aromatic N) is 6. The van der Waals surface area contributed by atoms with Gasteiger partial charge in [0.15, 0.2) is 5.82 Å². The summed E-state index contributed by atoms with van der Waals surface area (Å²) in [6.45, 7) is 1.99. The lowest BCUT2D eigenvalue weighted by atomic mass is 10.1. The molecule has 0 aliphatic heterocycles. The van der Waals surface area contributed by atoms with E-state index in [1.165, 1.54) is 12.3 Å². The molecule has 0 aliphatic rings. The lowest BCUT2D eigenvalue weighted by molar-refractivity contribution is 0.630. The second-order valence-corrected chi connectivity index (χ2v) is 5.72. The van der Waals surface area contributed by atoms with Crippen LogP contribution < -0.4 is 5.73 Å². The lowest BCUT2D eigenvalue weighted by Gasteiger charge is -2.10. The van der Waals surface area contributed by atoms with Crippen molar-refractivity contribution in [2.75, 3.05) is 5.73 Å². The van der Waals surface area contributed by atoms with E-state index in [1.807, 2.05) is 31.2 Å². The second kappa shape index (κ2) is 6.32. The summed E-state index contributed by atoms with van der Waals surface area (Å²) in [5.74, 6) is 0.0229. The zero-order chi connectivity index (χ0) is 18.1. The molecule has 7 nitrogen and oxygen atoms in total. The fourth-order valence-electron chi connectivity index (χ4n) is 2.63. The van der Waals surface area contributed by atoms with Crippen molar-refractivity contribution in [1.82, 2.24) is 30.2 Å². The molecule has 2 N–H and O–H groups in total. The highest BCUT2D eigenvalue weighted by atomic mass is 19.1. The van der Waals surface area contributed by atoms with E-state index < -0.39 is 5.82 Å². The summed E-state index contributed by atoms with van der Waals surface area (Å²) in [6, 6.07) is 14.0. The first-order chi connectivity index (χ1) is 12.6. The van der Waals surface area contributed by atoms with Gasteiger partial charge >= 0.3 is 0 Å². The quantitative estimate of drug-likeness (QED) is 0.612. The van der Waals surface area contributed by atoms with Crippen molar-refractivity contribution in [2.24, 2.45) is 0 Å². The molecule has 0 radical (unpaired) electrons. The zero-order valence-corrected chi connectivity index (χ0v) is 13.8. The molecule has 26 heavy (non-hydrogen) atoms. The average molecular weight is 347 g/mol. The molecule has 0 spiro atoms. The van der Waals surface area contributed by atoms with E-state index >= 15 is 0 Å². The molecular formula is C18H14FN7. The molecular weight excluding hydrogens is 333 g/mol. The Kier molecular flexibility index (Phi) is 3.85. The van der Waals surface area contributed by atoms with Crippen LogP contribution in [0, 0.1) is 12.7 Å². The zero-order valence-electron chi connectivity index (χ0n) is 13.8. The number of halogens is 1. The minimum atomic E-state index is -0.416. The fraction of sp³-hybridized carbons (Fsp3) is 0.0556. The summed E-state index contributed by atoms with van der Waals surface area (Å²) in [5, 5.41) is 11.9. The smallest absolute Gasteiger partial charge is 0.220 e. The van der Waals surface area contributed by atoms with Crippen molar-refractivity contribution in [3.05, 3.63) is 66.1 Å². The maximum Gasteiger partial charge on any atom is 0.220 e. The van der Waals surface area contributed by atoms with Gasteiger partial charge in [0.2, 0.25) is 5.95 Å². The molecule has 0 atom stereocenters. The van der Waals surface area contributed by atoms with Gasteiger partial charge < -0.3 is 5.73 Å². The van der Waals surface area contributed by atoms with Gasteiger partial charge in [-0.3, -0.25) is 0 Å². The maximum atomic E-state index is 14.3. The van der Waals surface area contributed by atoms with Gasteiger partial charge in [0, 0.05) is 11.8 Å². The van der Waals surface area contributed by atoms with Gasteiger partial charge in [-0.1, -0.05) is 29.8 Å². The molecule has 2 aromatic carbocycles. The van der Waals surface area contributed by atoms with Gasteiger partial charge in [0.05, 0.1) is 16.9 Å². The van der Waals surface area contributed by atoms with E-state index in [9.17, 15) is 4.39 Å². The average Bonchev–Trinajstić information content (AvgIpc) is 3.12. The highest BCUT2D eigenvalue weighted by Crippen LogP contribution is 2.31. The van der Waals surface area contributed by atoms with E-state index in [1.54, 1.807) is 22.9 Å². The molecule has 0 unspecified atom stereocenters. The van der Waals surface area contributed by atoms with Gasteiger partial charge in [-0.25, -0.2) is 14.4 Å². The molecule has 8 heteroatoms. The first-order valence-corrected chi connectivity index (χ1v) is 7.86. The van der Waals surface area contributed by atoms with Crippen molar-refractivity contribution in [2.45, 2.75) is 6.92 Å². The number of tetrazole rings is 1. The van der Waals surface area contributed by atoms with Crippen molar-refractivity contribution in [3.63, 3.8) is 0 Å². The fourth-order valence-corrected chi connectivity index (χ4v) is 2.63. The Labute approximate surface area is 148 Å². The van der Waals surface area contributed by atoms with Gasteiger partial charge in [0.25, 0.3) is 0 Å². The van der Waals surface area contributed by atoms with Crippen LogP contribution in [-0.2, 0) is 0 Å². The van der Waals surface area contributed by atoms with Crippen LogP contribution >= 0.6 is 0 Å². The van der Waals surface area contributed by atoms with Crippen LogP contribution in [0.15, 0.2) is 54.7 Å². The topological polar surface area (TPSA) is 95.4 Å². The van der Waals surface area contributed by atoms with E-state index in [-0.39, 0.29) is 5.95 Å². The van der Waals surface area contributed by atoms with E-state index in [2.05, 4.69) is 25.5 Å². The van der Waals surface area contributed by atoms with E-state index in [0.717, 1.165) is 11.3 Å². The SMILES string of the molecule is Cc1ccc(-n2nnnc2-c2cnc(N)nc2-c2ccccc2F)cc1. The summed E-state index contributed by atoms with van der Waals surface area (Å²) < 4.78 is 15.9. The molecule has 0 bridgehead atoms. The summed E-state index contributed by atoms with van der Waals surface area (Å²) in [4.78, 5) is 8.26. The van der Waals surface area contributed by atoms with Crippen molar-refractivity contribution >= 4 is 5.95 Å². The Balaban J connectivity index is 1.92. The standard InChI is InChI=1S/C18H14FN7/c1-11-6-8-12(9-7-11)26-17(23-24-25-26)14-10-21-18(20)22-16(14)13-4-2-3-5-15(13)19/h2-10H,1H3,(H2,20,21,22). The number of nitrogens with two attached hydrogens (primary N) is 1. The van der Waals surface area contributed by atoms with E-state index in [4.69, 9.17) is 5.73 Å². The summed E-state index contributed by atoms with van der Waals surface area (Å²) in [5.41, 5.74) is 8.73. The third-order valence-corrected chi connectivity index (χ3v) is 3.93. The first kappa shape index (κ1) is 15.8. The number of nitrogen functional groups attached to an aromatic ring is 1. The highest BCUT2D eigenvalue weighted by molar-refractivity contribution is 5.78. The highest BCUT2D eigenvalue weighted by Gasteiger charge is 2.19. The number of anilines is 1. The molecule has 0 aliphatic carbocycles. The van der Waals surface area contributed by atoms with Gasteiger partial charge in [-0.15, -0.1) is 5.10 Å². The minimum absolute atomic E-state index is 0.0429. The first-order valence-electron chi connectivity index (χ1n) is 7.86. The monoisotopic (exact) mass is 347 g/mol. The Morgan fingerprint density at radius 3 is 2.54 bits per heavy atom. The number of rotatable bonds is 3. The Bertz CT molecular complexity index is 1070. The number of hydrogen-bond acceptors (Lipinski definition) is 6. The van der Waals surface area contributed by atoms with Gasteiger partial charge in [0.1, 0.15) is 5.82 Å². The van der Waals surface area contributed by atoms with Crippen LogP contribution in [0.5, 0.6) is 0 Å². The third-order valence-electron chi connectivity index (χ3n) is 3.93. The second-order valence-electron chi connectivity index (χ2n) is 5.72. The molecule has 2 aromatic heterocycles. The van der Waals surface area contributed by atoms with Crippen molar-refractivity contribution < 1.29 is 4.39 Å². The van der Waals surface area contributed by atoms with Gasteiger partial charge in [-0.05, 0) is 41.6 Å². The van der Waals surface area contributed by atoms with Crippen molar-refractivity contribution in [3.8, 4) is 28.3 Å². The summed E-state index contributed by atoms with van der Waals surface area (Å²) >= 11 is 0. The Morgan fingerprint density at radius 1 is 1.00 bits per heavy atom. The molecule has 0 fully saturated rings.